The SMILES string of the molecule is CCCn1nncc1C(=O)C1(O)CCCC1. The van der Waals surface area contributed by atoms with Gasteiger partial charge in [-0.3, -0.25) is 4.79 Å². The molecule has 0 bridgehead atoms. The molecule has 1 aromatic rings. The number of ketones is 1. The zero-order valence-corrected chi connectivity index (χ0v) is 9.52. The van der Waals surface area contributed by atoms with Gasteiger partial charge in [-0.05, 0) is 32.1 Å². The summed E-state index contributed by atoms with van der Waals surface area (Å²) in [5.74, 6) is -0.219. The van der Waals surface area contributed by atoms with Crippen LogP contribution in [0.1, 0.15) is 49.5 Å². The predicted octanol–water partition coefficient (Wildman–Crippen LogP) is 1.18. The maximum Gasteiger partial charge on any atom is 0.213 e. The van der Waals surface area contributed by atoms with Gasteiger partial charge in [0.15, 0.2) is 0 Å². The third-order valence-electron chi connectivity index (χ3n) is 3.14. The quantitative estimate of drug-likeness (QED) is 0.778. The highest BCUT2D eigenvalue weighted by Gasteiger charge is 2.40. The summed E-state index contributed by atoms with van der Waals surface area (Å²) in [4.78, 5) is 12.2. The van der Waals surface area contributed by atoms with Crippen LogP contribution in [0, 0.1) is 0 Å². The van der Waals surface area contributed by atoms with E-state index >= 15 is 0 Å². The van der Waals surface area contributed by atoms with E-state index < -0.39 is 5.60 Å². The van der Waals surface area contributed by atoms with E-state index in [1.807, 2.05) is 6.92 Å². The van der Waals surface area contributed by atoms with Crippen molar-refractivity contribution in [2.45, 2.75) is 51.2 Å². The second kappa shape index (κ2) is 4.33. The van der Waals surface area contributed by atoms with Gasteiger partial charge < -0.3 is 5.11 Å². The lowest BCUT2D eigenvalue weighted by molar-refractivity contribution is 0.0342. The number of rotatable bonds is 4. The molecule has 1 saturated carbocycles. The van der Waals surface area contributed by atoms with Crippen LogP contribution in [0.2, 0.25) is 0 Å². The highest BCUT2D eigenvalue weighted by atomic mass is 16.3. The molecule has 0 aliphatic heterocycles. The van der Waals surface area contributed by atoms with Crippen LogP contribution in [-0.2, 0) is 6.54 Å². The molecule has 1 fully saturated rings. The number of aromatic nitrogens is 3. The summed E-state index contributed by atoms with van der Waals surface area (Å²) in [7, 11) is 0. The number of hydrogen-bond donors (Lipinski definition) is 1. The van der Waals surface area contributed by atoms with Crippen molar-refractivity contribution in [2.75, 3.05) is 0 Å². The lowest BCUT2D eigenvalue weighted by Gasteiger charge is -2.20. The molecule has 0 atom stereocenters. The molecule has 1 aliphatic carbocycles. The molecule has 0 amide bonds. The van der Waals surface area contributed by atoms with Crippen LogP contribution >= 0.6 is 0 Å². The van der Waals surface area contributed by atoms with Crippen molar-refractivity contribution in [3.05, 3.63) is 11.9 Å². The number of carbonyl (C=O) groups excluding carboxylic acids is 1. The molecule has 2 rings (SSSR count). The van der Waals surface area contributed by atoms with Gasteiger partial charge in [-0.15, -0.1) is 5.10 Å². The lowest BCUT2D eigenvalue weighted by Crippen LogP contribution is -2.36. The van der Waals surface area contributed by atoms with Gasteiger partial charge in [-0.2, -0.15) is 0 Å². The maximum atomic E-state index is 12.2. The summed E-state index contributed by atoms with van der Waals surface area (Å²) in [5, 5.41) is 17.8. The van der Waals surface area contributed by atoms with Gasteiger partial charge in [0.25, 0.3) is 0 Å². The molecule has 88 valence electrons. The molecule has 5 nitrogen and oxygen atoms in total. The molecule has 0 radical (unpaired) electrons. The first-order valence-corrected chi connectivity index (χ1v) is 5.83. The van der Waals surface area contributed by atoms with Crippen molar-refractivity contribution in [3.63, 3.8) is 0 Å². The number of hydrogen-bond acceptors (Lipinski definition) is 4. The summed E-state index contributed by atoms with van der Waals surface area (Å²) in [6.07, 6.45) is 5.29. The van der Waals surface area contributed by atoms with E-state index in [0.29, 0.717) is 25.1 Å². The van der Waals surface area contributed by atoms with E-state index in [9.17, 15) is 9.90 Å². The Labute approximate surface area is 94.5 Å². The first-order chi connectivity index (χ1) is 7.67. The molecule has 5 heteroatoms. The van der Waals surface area contributed by atoms with Crippen molar-refractivity contribution in [1.82, 2.24) is 15.0 Å². The Morgan fingerprint density at radius 1 is 1.56 bits per heavy atom. The molecular formula is C11H17N3O2. The average Bonchev–Trinajstić information content (AvgIpc) is 2.88. The van der Waals surface area contributed by atoms with Gasteiger partial charge >= 0.3 is 0 Å². The fraction of sp³-hybridized carbons (Fsp3) is 0.727. The Hall–Kier alpha value is -1.23. The minimum absolute atomic E-state index is 0.219. The number of carbonyl (C=O) groups is 1. The number of aliphatic hydroxyl groups is 1. The number of nitrogens with zero attached hydrogens (tertiary/aromatic N) is 3. The van der Waals surface area contributed by atoms with Gasteiger partial charge in [0.1, 0.15) is 11.3 Å². The van der Waals surface area contributed by atoms with Gasteiger partial charge in [0, 0.05) is 6.54 Å². The molecule has 16 heavy (non-hydrogen) atoms. The van der Waals surface area contributed by atoms with Crippen LogP contribution in [0.15, 0.2) is 6.20 Å². The second-order valence-corrected chi connectivity index (χ2v) is 4.41. The van der Waals surface area contributed by atoms with Crippen molar-refractivity contribution < 1.29 is 9.90 Å². The molecular weight excluding hydrogens is 206 g/mol. The summed E-state index contributed by atoms with van der Waals surface area (Å²) >= 11 is 0. The third-order valence-corrected chi connectivity index (χ3v) is 3.14. The zero-order valence-electron chi connectivity index (χ0n) is 9.52. The first kappa shape index (κ1) is 11.3. The summed E-state index contributed by atoms with van der Waals surface area (Å²) in [6.45, 7) is 2.68. The summed E-state index contributed by atoms with van der Waals surface area (Å²) < 4.78 is 1.58. The molecule has 1 aliphatic rings. The Bertz CT molecular complexity index is 380. The van der Waals surface area contributed by atoms with Crippen LogP contribution < -0.4 is 0 Å². The Morgan fingerprint density at radius 2 is 2.25 bits per heavy atom. The topological polar surface area (TPSA) is 68.0 Å². The molecule has 1 N–H and O–H groups in total. The van der Waals surface area contributed by atoms with E-state index in [2.05, 4.69) is 10.3 Å². The van der Waals surface area contributed by atoms with Gasteiger partial charge in [-0.1, -0.05) is 12.1 Å². The van der Waals surface area contributed by atoms with E-state index in [0.717, 1.165) is 19.3 Å². The monoisotopic (exact) mass is 223 g/mol. The summed E-state index contributed by atoms with van der Waals surface area (Å²) in [6, 6.07) is 0. The van der Waals surface area contributed by atoms with Crippen LogP contribution in [0.3, 0.4) is 0 Å². The fourth-order valence-electron chi connectivity index (χ4n) is 2.24. The Morgan fingerprint density at radius 3 is 2.88 bits per heavy atom. The fourth-order valence-corrected chi connectivity index (χ4v) is 2.24. The van der Waals surface area contributed by atoms with E-state index in [4.69, 9.17) is 0 Å². The smallest absolute Gasteiger partial charge is 0.213 e. The van der Waals surface area contributed by atoms with Gasteiger partial charge in [-0.25, -0.2) is 4.68 Å². The zero-order chi connectivity index (χ0) is 11.6. The van der Waals surface area contributed by atoms with Crippen molar-refractivity contribution in [3.8, 4) is 0 Å². The van der Waals surface area contributed by atoms with Crippen molar-refractivity contribution in [1.29, 1.82) is 0 Å². The highest BCUT2D eigenvalue weighted by molar-refractivity contribution is 6.00. The third kappa shape index (κ3) is 1.87. The van der Waals surface area contributed by atoms with Crippen molar-refractivity contribution in [2.24, 2.45) is 0 Å². The number of Topliss-reactive ketones (excluding diaryl/α,β-unsaturated/α-hetero) is 1. The highest BCUT2D eigenvalue weighted by Crippen LogP contribution is 2.32. The Kier molecular flexibility index (Phi) is 3.05. The second-order valence-electron chi connectivity index (χ2n) is 4.41. The largest absolute Gasteiger partial charge is 0.382 e. The average molecular weight is 223 g/mol. The minimum Gasteiger partial charge on any atom is -0.382 e. The van der Waals surface area contributed by atoms with Gasteiger partial charge in [0.05, 0.1) is 6.20 Å². The summed E-state index contributed by atoms with van der Waals surface area (Å²) in [5.41, 5.74) is -0.737. The standard InChI is InChI=1S/C11H17N3O2/c1-2-7-14-9(8-12-13-14)10(15)11(16)5-3-4-6-11/h8,16H,2-7H2,1H3. The molecule has 0 aromatic carbocycles. The van der Waals surface area contributed by atoms with Crippen LogP contribution in [-0.4, -0.2) is 31.5 Å². The van der Waals surface area contributed by atoms with Gasteiger partial charge in [0.2, 0.25) is 5.78 Å². The molecule has 0 saturated heterocycles. The Balaban J connectivity index is 2.23. The van der Waals surface area contributed by atoms with E-state index in [-0.39, 0.29) is 5.78 Å². The van der Waals surface area contributed by atoms with Crippen LogP contribution in [0.5, 0.6) is 0 Å². The van der Waals surface area contributed by atoms with Crippen LogP contribution in [0.25, 0.3) is 0 Å². The molecule has 1 aromatic heterocycles. The molecule has 0 unspecified atom stereocenters. The number of aryl methyl sites for hydroxylation is 1. The van der Waals surface area contributed by atoms with E-state index in [1.165, 1.54) is 6.20 Å². The molecule has 1 heterocycles. The molecule has 0 spiro atoms. The van der Waals surface area contributed by atoms with Crippen LogP contribution in [0.4, 0.5) is 0 Å². The predicted molar refractivity (Wildman–Crippen MR) is 58.1 cm³/mol. The maximum absolute atomic E-state index is 12.2. The minimum atomic E-state index is -1.17. The first-order valence-electron chi connectivity index (χ1n) is 5.83. The normalized spacial score (nSPS) is 18.9. The van der Waals surface area contributed by atoms with E-state index in [1.54, 1.807) is 4.68 Å². The lowest BCUT2D eigenvalue weighted by atomic mass is 9.94. The van der Waals surface area contributed by atoms with Crippen molar-refractivity contribution >= 4 is 5.78 Å².